The van der Waals surface area contributed by atoms with E-state index in [4.69, 9.17) is 0 Å². The van der Waals surface area contributed by atoms with Crippen molar-refractivity contribution in [1.29, 1.82) is 0 Å². The van der Waals surface area contributed by atoms with E-state index in [1.165, 1.54) is 0 Å². The van der Waals surface area contributed by atoms with Gasteiger partial charge >= 0.3 is 0 Å². The summed E-state index contributed by atoms with van der Waals surface area (Å²) in [7, 11) is 0. The Labute approximate surface area is 124 Å². The van der Waals surface area contributed by atoms with Crippen LogP contribution < -0.4 is 10.6 Å². The molecule has 4 heteroatoms. The fraction of sp³-hybridized carbons (Fsp3) is 0.533. The molecule has 0 fully saturated rings. The van der Waals surface area contributed by atoms with Crippen LogP contribution in [-0.4, -0.2) is 18.0 Å². The van der Waals surface area contributed by atoms with Gasteiger partial charge in [0, 0.05) is 28.7 Å². The highest BCUT2D eigenvalue weighted by molar-refractivity contribution is 9.10. The van der Waals surface area contributed by atoms with Crippen molar-refractivity contribution < 1.29 is 4.79 Å². The van der Waals surface area contributed by atoms with Crippen molar-refractivity contribution in [2.45, 2.75) is 46.6 Å². The molecule has 1 aromatic carbocycles. The van der Waals surface area contributed by atoms with Crippen LogP contribution >= 0.6 is 15.9 Å². The van der Waals surface area contributed by atoms with E-state index in [1.54, 1.807) is 0 Å². The van der Waals surface area contributed by atoms with Gasteiger partial charge in [-0.3, -0.25) is 4.79 Å². The lowest BCUT2D eigenvalue weighted by Crippen LogP contribution is -2.37. The molecule has 106 valence electrons. The molecule has 19 heavy (non-hydrogen) atoms. The lowest BCUT2D eigenvalue weighted by atomic mass is 10.1. The summed E-state index contributed by atoms with van der Waals surface area (Å²) in [5.41, 5.74) is 3.11. The first-order valence-electron chi connectivity index (χ1n) is 6.50. The fourth-order valence-corrected chi connectivity index (χ4v) is 2.55. The second-order valence-corrected chi connectivity index (χ2v) is 6.81. The van der Waals surface area contributed by atoms with Crippen LogP contribution in [-0.2, 0) is 4.79 Å². The zero-order valence-electron chi connectivity index (χ0n) is 12.4. The third-order valence-corrected chi connectivity index (χ3v) is 3.23. The number of rotatable bonds is 4. The number of hydrogen-bond acceptors (Lipinski definition) is 2. The summed E-state index contributed by atoms with van der Waals surface area (Å²) in [5, 5.41) is 6.30. The van der Waals surface area contributed by atoms with Crippen LogP contribution in [0.2, 0.25) is 0 Å². The molecule has 3 nitrogen and oxygen atoms in total. The summed E-state index contributed by atoms with van der Waals surface area (Å²) in [6.07, 6.45) is 0.478. The highest BCUT2D eigenvalue weighted by atomic mass is 79.9. The molecule has 0 aromatic heterocycles. The first kappa shape index (κ1) is 16.2. The Kier molecular flexibility index (Phi) is 5.56. The molecular weight excluding hydrogens is 304 g/mol. The van der Waals surface area contributed by atoms with Gasteiger partial charge in [-0.2, -0.15) is 0 Å². The molecule has 0 heterocycles. The molecule has 0 saturated carbocycles. The summed E-state index contributed by atoms with van der Waals surface area (Å²) in [6.45, 7) is 11.0. The molecule has 0 aliphatic heterocycles. The number of nitrogens with one attached hydrogen (secondary N) is 2. The largest absolute Gasteiger partial charge is 0.326 e. The maximum atomic E-state index is 11.9. The summed E-state index contributed by atoms with van der Waals surface area (Å²) in [4.78, 5) is 11.9. The van der Waals surface area contributed by atoms with Crippen molar-refractivity contribution in [3.05, 3.63) is 27.7 Å². The van der Waals surface area contributed by atoms with E-state index >= 15 is 0 Å². The number of halogens is 1. The monoisotopic (exact) mass is 326 g/mol. The SMILES string of the molecule is Cc1cc(Br)cc(C)c1NC(=O)CCNC(C)(C)C. The van der Waals surface area contributed by atoms with Gasteiger partial charge in [0.15, 0.2) is 0 Å². The number of benzene rings is 1. The fourth-order valence-electron chi connectivity index (χ4n) is 1.86. The van der Waals surface area contributed by atoms with Crippen LogP contribution in [0.3, 0.4) is 0 Å². The molecule has 1 rings (SSSR count). The number of hydrogen-bond donors (Lipinski definition) is 2. The van der Waals surface area contributed by atoms with Crippen molar-refractivity contribution >= 4 is 27.5 Å². The van der Waals surface area contributed by atoms with Crippen molar-refractivity contribution in [2.75, 3.05) is 11.9 Å². The zero-order chi connectivity index (χ0) is 14.6. The minimum atomic E-state index is 0.0454. The number of carbonyl (C=O) groups is 1. The van der Waals surface area contributed by atoms with Gasteiger partial charge in [-0.1, -0.05) is 15.9 Å². The van der Waals surface area contributed by atoms with Crippen molar-refractivity contribution in [3.63, 3.8) is 0 Å². The maximum absolute atomic E-state index is 11.9. The maximum Gasteiger partial charge on any atom is 0.225 e. The van der Waals surface area contributed by atoms with Gasteiger partial charge in [0.2, 0.25) is 5.91 Å². The minimum absolute atomic E-state index is 0.0454. The first-order chi connectivity index (χ1) is 8.69. The van der Waals surface area contributed by atoms with Gasteiger partial charge in [-0.05, 0) is 57.9 Å². The predicted molar refractivity (Wildman–Crippen MR) is 84.6 cm³/mol. The standard InChI is InChI=1S/C15H23BrN2O/c1-10-8-12(16)9-11(2)14(10)18-13(19)6-7-17-15(3,4)5/h8-9,17H,6-7H2,1-5H3,(H,18,19). The van der Waals surface area contributed by atoms with E-state index in [2.05, 4.69) is 47.3 Å². The average Bonchev–Trinajstić information content (AvgIpc) is 2.21. The Bertz CT molecular complexity index is 441. The smallest absolute Gasteiger partial charge is 0.225 e. The molecule has 0 aliphatic carbocycles. The van der Waals surface area contributed by atoms with Gasteiger partial charge in [-0.25, -0.2) is 0 Å². The summed E-state index contributed by atoms with van der Waals surface area (Å²) in [6, 6.07) is 4.02. The van der Waals surface area contributed by atoms with Crippen LogP contribution in [0.4, 0.5) is 5.69 Å². The Hall–Kier alpha value is -0.870. The van der Waals surface area contributed by atoms with Crippen molar-refractivity contribution in [3.8, 4) is 0 Å². The second-order valence-electron chi connectivity index (χ2n) is 5.89. The molecule has 0 radical (unpaired) electrons. The summed E-state index contributed by atoms with van der Waals surface area (Å²) in [5.74, 6) is 0.0465. The highest BCUT2D eigenvalue weighted by Crippen LogP contribution is 2.25. The van der Waals surface area contributed by atoms with Gasteiger partial charge < -0.3 is 10.6 Å². The molecule has 1 aromatic rings. The molecule has 0 saturated heterocycles. The number of carbonyl (C=O) groups excluding carboxylic acids is 1. The summed E-state index contributed by atoms with van der Waals surface area (Å²) >= 11 is 3.45. The Morgan fingerprint density at radius 1 is 1.21 bits per heavy atom. The van der Waals surface area contributed by atoms with Gasteiger partial charge in [0.25, 0.3) is 0 Å². The second kappa shape index (κ2) is 6.53. The van der Waals surface area contributed by atoms with Crippen LogP contribution in [0.5, 0.6) is 0 Å². The molecule has 0 bridgehead atoms. The van der Waals surface area contributed by atoms with E-state index < -0.39 is 0 Å². The third-order valence-electron chi connectivity index (χ3n) is 2.77. The number of aryl methyl sites for hydroxylation is 2. The lowest BCUT2D eigenvalue weighted by Gasteiger charge is -2.20. The Balaban J connectivity index is 2.58. The normalized spacial score (nSPS) is 11.5. The molecule has 0 atom stereocenters. The van der Waals surface area contributed by atoms with Gasteiger partial charge in [0.05, 0.1) is 0 Å². The average molecular weight is 327 g/mol. The zero-order valence-corrected chi connectivity index (χ0v) is 13.9. The van der Waals surface area contributed by atoms with Crippen LogP contribution in [0.25, 0.3) is 0 Å². The van der Waals surface area contributed by atoms with E-state index in [0.29, 0.717) is 13.0 Å². The molecule has 0 aliphatic rings. The van der Waals surface area contributed by atoms with E-state index in [9.17, 15) is 4.79 Å². The molecule has 0 unspecified atom stereocenters. The Morgan fingerprint density at radius 3 is 2.21 bits per heavy atom. The van der Waals surface area contributed by atoms with E-state index in [-0.39, 0.29) is 11.4 Å². The molecule has 2 N–H and O–H groups in total. The number of amides is 1. The van der Waals surface area contributed by atoms with Gasteiger partial charge in [0.1, 0.15) is 0 Å². The quantitative estimate of drug-likeness (QED) is 0.883. The molecule has 1 amide bonds. The topological polar surface area (TPSA) is 41.1 Å². The van der Waals surface area contributed by atoms with E-state index in [1.807, 2.05) is 26.0 Å². The van der Waals surface area contributed by atoms with Gasteiger partial charge in [-0.15, -0.1) is 0 Å². The van der Waals surface area contributed by atoms with Crippen LogP contribution in [0.15, 0.2) is 16.6 Å². The highest BCUT2D eigenvalue weighted by Gasteiger charge is 2.11. The van der Waals surface area contributed by atoms with E-state index in [0.717, 1.165) is 21.3 Å². The predicted octanol–water partition coefficient (Wildman–Crippen LogP) is 3.78. The number of anilines is 1. The minimum Gasteiger partial charge on any atom is -0.326 e. The lowest BCUT2D eigenvalue weighted by molar-refractivity contribution is -0.116. The van der Waals surface area contributed by atoms with Crippen LogP contribution in [0, 0.1) is 13.8 Å². The molecule has 0 spiro atoms. The first-order valence-corrected chi connectivity index (χ1v) is 7.30. The van der Waals surface area contributed by atoms with Crippen molar-refractivity contribution in [1.82, 2.24) is 5.32 Å². The Morgan fingerprint density at radius 2 is 1.74 bits per heavy atom. The van der Waals surface area contributed by atoms with Crippen molar-refractivity contribution in [2.24, 2.45) is 0 Å². The van der Waals surface area contributed by atoms with Crippen LogP contribution in [0.1, 0.15) is 38.3 Å². The molecular formula is C15H23BrN2O. The third kappa shape index (κ3) is 5.74. The summed E-state index contributed by atoms with van der Waals surface area (Å²) < 4.78 is 1.04.